The standard InChI is InChI=1S/C12H13NO7S2/c1-5-8(21(15,16)17)3-7-4-9(22(18,19)20)6(2)12(14)10(7)11(5)13/h3-4,14H,13H2,1-2H3,(H,15,16,17)(H,18,19,20). The van der Waals surface area contributed by atoms with Crippen LogP contribution in [0.1, 0.15) is 11.1 Å². The predicted molar refractivity (Wildman–Crippen MR) is 79.1 cm³/mol. The van der Waals surface area contributed by atoms with E-state index in [2.05, 4.69) is 0 Å². The van der Waals surface area contributed by atoms with Crippen molar-refractivity contribution in [3.8, 4) is 5.75 Å². The molecule has 0 aliphatic rings. The van der Waals surface area contributed by atoms with Gasteiger partial charge in [0.1, 0.15) is 10.6 Å². The van der Waals surface area contributed by atoms with Crippen molar-refractivity contribution in [1.82, 2.24) is 0 Å². The van der Waals surface area contributed by atoms with Gasteiger partial charge in [-0.05, 0) is 36.9 Å². The van der Waals surface area contributed by atoms with Crippen LogP contribution in [0.15, 0.2) is 21.9 Å². The van der Waals surface area contributed by atoms with Gasteiger partial charge in [-0.15, -0.1) is 0 Å². The Morgan fingerprint density at radius 3 is 1.73 bits per heavy atom. The van der Waals surface area contributed by atoms with Gasteiger partial charge >= 0.3 is 0 Å². The van der Waals surface area contributed by atoms with Gasteiger partial charge in [-0.25, -0.2) is 0 Å². The van der Waals surface area contributed by atoms with Crippen molar-refractivity contribution in [2.45, 2.75) is 23.6 Å². The number of aromatic hydroxyl groups is 1. The quantitative estimate of drug-likeness (QED) is 0.467. The Morgan fingerprint density at radius 1 is 0.909 bits per heavy atom. The summed E-state index contributed by atoms with van der Waals surface area (Å²) in [6.45, 7) is 2.60. The summed E-state index contributed by atoms with van der Waals surface area (Å²) in [7, 11) is -9.22. The molecule has 120 valence electrons. The molecule has 10 heteroatoms. The van der Waals surface area contributed by atoms with E-state index in [4.69, 9.17) is 10.3 Å². The second-order valence-corrected chi connectivity index (χ2v) is 7.59. The van der Waals surface area contributed by atoms with Gasteiger partial charge in [-0.1, -0.05) is 0 Å². The van der Waals surface area contributed by atoms with Gasteiger partial charge in [-0.2, -0.15) is 16.8 Å². The average molecular weight is 347 g/mol. The van der Waals surface area contributed by atoms with Crippen molar-refractivity contribution >= 4 is 36.7 Å². The lowest BCUT2D eigenvalue weighted by molar-refractivity contribution is 0.466. The van der Waals surface area contributed by atoms with Crippen molar-refractivity contribution in [3.63, 3.8) is 0 Å². The van der Waals surface area contributed by atoms with Gasteiger partial charge < -0.3 is 10.8 Å². The minimum absolute atomic E-state index is 0.0179. The number of phenols is 1. The highest BCUT2D eigenvalue weighted by atomic mass is 32.2. The van der Waals surface area contributed by atoms with Crippen LogP contribution < -0.4 is 5.73 Å². The van der Waals surface area contributed by atoms with E-state index in [1.807, 2.05) is 0 Å². The average Bonchev–Trinajstić information content (AvgIpc) is 2.34. The molecule has 0 bridgehead atoms. The summed E-state index contributed by atoms with van der Waals surface area (Å²) < 4.78 is 63.7. The van der Waals surface area contributed by atoms with Crippen LogP contribution in [0.4, 0.5) is 5.69 Å². The first kappa shape index (κ1) is 16.5. The van der Waals surface area contributed by atoms with E-state index in [1.165, 1.54) is 13.8 Å². The number of benzene rings is 2. The number of anilines is 1. The molecule has 22 heavy (non-hydrogen) atoms. The smallest absolute Gasteiger partial charge is 0.294 e. The molecule has 0 fully saturated rings. The highest BCUT2D eigenvalue weighted by Gasteiger charge is 2.24. The van der Waals surface area contributed by atoms with Crippen LogP contribution in [0.25, 0.3) is 10.8 Å². The first-order chi connectivity index (χ1) is 9.85. The molecule has 5 N–H and O–H groups in total. The van der Waals surface area contributed by atoms with Gasteiger partial charge in [-0.3, -0.25) is 9.11 Å². The van der Waals surface area contributed by atoms with Crippen molar-refractivity contribution in [2.75, 3.05) is 5.73 Å². The van der Waals surface area contributed by atoms with Gasteiger partial charge in [0.15, 0.2) is 0 Å². The number of hydrogen-bond donors (Lipinski definition) is 4. The van der Waals surface area contributed by atoms with E-state index in [9.17, 15) is 26.5 Å². The number of nitrogens with two attached hydrogens (primary N) is 1. The van der Waals surface area contributed by atoms with Crippen LogP contribution >= 0.6 is 0 Å². The number of fused-ring (bicyclic) bond motifs is 1. The molecule has 0 heterocycles. The number of nitrogen functional groups attached to an aromatic ring is 1. The molecule has 0 aromatic heterocycles. The van der Waals surface area contributed by atoms with E-state index >= 15 is 0 Å². The van der Waals surface area contributed by atoms with Gasteiger partial charge in [0, 0.05) is 16.6 Å². The second-order valence-electron chi connectivity index (χ2n) is 4.81. The molecule has 0 spiro atoms. The Kier molecular flexibility index (Phi) is 3.61. The van der Waals surface area contributed by atoms with Crippen LogP contribution in [0.2, 0.25) is 0 Å². The highest BCUT2D eigenvalue weighted by Crippen LogP contribution is 2.40. The summed E-state index contributed by atoms with van der Waals surface area (Å²) in [6.07, 6.45) is 0. The third kappa shape index (κ3) is 2.50. The van der Waals surface area contributed by atoms with Crippen LogP contribution in [0.3, 0.4) is 0 Å². The Hall–Kier alpha value is -1.88. The molecule has 2 aromatic carbocycles. The van der Waals surface area contributed by atoms with Crippen LogP contribution in [-0.2, 0) is 20.2 Å². The van der Waals surface area contributed by atoms with E-state index in [1.54, 1.807) is 0 Å². The van der Waals surface area contributed by atoms with E-state index in [-0.39, 0.29) is 27.6 Å². The lowest BCUT2D eigenvalue weighted by Crippen LogP contribution is -2.06. The molecule has 0 aliphatic heterocycles. The molecule has 0 saturated carbocycles. The van der Waals surface area contributed by atoms with Crippen molar-refractivity contribution in [1.29, 1.82) is 0 Å². The molecule has 2 rings (SSSR count). The second kappa shape index (κ2) is 4.81. The normalized spacial score (nSPS) is 12.7. The summed E-state index contributed by atoms with van der Waals surface area (Å²) >= 11 is 0. The van der Waals surface area contributed by atoms with Crippen LogP contribution in [0, 0.1) is 13.8 Å². The lowest BCUT2D eigenvalue weighted by Gasteiger charge is -2.14. The van der Waals surface area contributed by atoms with E-state index in [0.717, 1.165) is 12.1 Å². The fraction of sp³-hybridized carbons (Fsp3) is 0.167. The van der Waals surface area contributed by atoms with Crippen molar-refractivity contribution in [2.24, 2.45) is 0 Å². The van der Waals surface area contributed by atoms with E-state index in [0.29, 0.717) is 0 Å². The summed E-state index contributed by atoms with van der Waals surface area (Å²) in [5.74, 6) is -0.493. The third-order valence-electron chi connectivity index (χ3n) is 3.42. The van der Waals surface area contributed by atoms with Crippen LogP contribution in [0.5, 0.6) is 5.75 Å². The highest BCUT2D eigenvalue weighted by molar-refractivity contribution is 7.86. The summed E-state index contributed by atoms with van der Waals surface area (Å²) in [5, 5.41) is 10.1. The van der Waals surface area contributed by atoms with Crippen LogP contribution in [-0.4, -0.2) is 31.0 Å². The lowest BCUT2D eigenvalue weighted by atomic mass is 10.0. The molecule has 0 radical (unpaired) electrons. The molecule has 0 atom stereocenters. The molecular weight excluding hydrogens is 334 g/mol. The maximum absolute atomic E-state index is 11.4. The van der Waals surface area contributed by atoms with Gasteiger partial charge in [0.2, 0.25) is 0 Å². The van der Waals surface area contributed by atoms with Crippen molar-refractivity contribution < 1.29 is 31.0 Å². The molecule has 0 unspecified atom stereocenters. The Balaban J connectivity index is 3.11. The van der Waals surface area contributed by atoms with Gasteiger partial charge in [0.05, 0.1) is 4.90 Å². The largest absolute Gasteiger partial charge is 0.507 e. The molecule has 0 amide bonds. The molecule has 0 aliphatic carbocycles. The Morgan fingerprint density at radius 2 is 1.32 bits per heavy atom. The maximum atomic E-state index is 11.4. The fourth-order valence-electron chi connectivity index (χ4n) is 2.27. The minimum Gasteiger partial charge on any atom is -0.507 e. The first-order valence-electron chi connectivity index (χ1n) is 5.86. The zero-order chi connectivity index (χ0) is 17.0. The monoisotopic (exact) mass is 347 g/mol. The molecule has 8 nitrogen and oxygen atoms in total. The third-order valence-corrected chi connectivity index (χ3v) is 5.38. The van der Waals surface area contributed by atoms with Crippen molar-refractivity contribution in [3.05, 3.63) is 23.3 Å². The topological polar surface area (TPSA) is 155 Å². The summed E-state index contributed by atoms with van der Waals surface area (Å²) in [4.78, 5) is -1.09. The first-order valence-corrected chi connectivity index (χ1v) is 8.74. The molecule has 2 aromatic rings. The molecular formula is C12H13NO7S2. The zero-order valence-corrected chi connectivity index (χ0v) is 13.2. The predicted octanol–water partition coefficient (Wildman–Crippen LogP) is 1.24. The fourth-order valence-corrected chi connectivity index (χ4v) is 3.80. The Labute approximate surface area is 126 Å². The van der Waals surface area contributed by atoms with Gasteiger partial charge in [0.25, 0.3) is 20.2 Å². The molecule has 0 saturated heterocycles. The number of rotatable bonds is 2. The zero-order valence-electron chi connectivity index (χ0n) is 11.5. The summed E-state index contributed by atoms with van der Waals surface area (Å²) in [5.41, 5.74) is 5.57. The maximum Gasteiger partial charge on any atom is 0.294 e. The summed E-state index contributed by atoms with van der Waals surface area (Å²) in [6, 6.07) is 1.95. The number of hydrogen-bond acceptors (Lipinski definition) is 6. The van der Waals surface area contributed by atoms with E-state index < -0.39 is 35.8 Å². The number of phenolic OH excluding ortho intramolecular Hbond substituents is 1. The minimum atomic E-state index is -4.63. The SMILES string of the molecule is Cc1c(S(=O)(=O)O)cc2cc(S(=O)(=O)O)c(C)c(O)c2c1N. The Bertz CT molecular complexity index is 929.